The highest BCUT2D eigenvalue weighted by Crippen LogP contribution is 2.09. The molecule has 0 saturated heterocycles. The minimum atomic E-state index is -1.09. The number of hydrogen-bond acceptors (Lipinski definition) is 6. The second-order valence-corrected chi connectivity index (χ2v) is 4.14. The summed E-state index contributed by atoms with van der Waals surface area (Å²) >= 11 is 0. The van der Waals surface area contributed by atoms with Crippen LogP contribution in [0.4, 0.5) is 0 Å². The Kier molecular flexibility index (Phi) is 6.55. The van der Waals surface area contributed by atoms with Crippen LogP contribution in [0.3, 0.4) is 0 Å². The van der Waals surface area contributed by atoms with Crippen LogP contribution in [0.25, 0.3) is 0 Å². The van der Waals surface area contributed by atoms with E-state index in [0.29, 0.717) is 0 Å². The highest BCUT2D eigenvalue weighted by molar-refractivity contribution is 5.95. The number of ether oxygens (including phenoxy) is 2. The predicted molar refractivity (Wildman–Crippen MR) is 71.5 cm³/mol. The first-order chi connectivity index (χ1) is 10.4. The topological polar surface area (TPSA) is 127 Å². The van der Waals surface area contributed by atoms with Crippen molar-refractivity contribution in [2.45, 2.75) is 12.8 Å². The molecule has 0 aliphatic carbocycles. The van der Waals surface area contributed by atoms with Crippen LogP contribution in [0.2, 0.25) is 0 Å². The fourth-order valence-electron chi connectivity index (χ4n) is 1.40. The average Bonchev–Trinajstić information content (AvgIpc) is 2.46. The Balaban J connectivity index is 2.60. The fraction of sp³-hybridized carbons (Fsp3) is 0.286. The van der Waals surface area contributed by atoms with Gasteiger partial charge in [0.15, 0.2) is 0 Å². The van der Waals surface area contributed by atoms with E-state index < -0.39 is 23.9 Å². The molecule has 1 aromatic carbocycles. The molecular weight excluding hydrogens is 296 g/mol. The number of carbonyl (C=O) groups excluding carboxylic acids is 2. The van der Waals surface area contributed by atoms with Crippen molar-refractivity contribution in [1.82, 2.24) is 0 Å². The zero-order valence-electron chi connectivity index (χ0n) is 11.5. The molecule has 0 radical (unpaired) electrons. The second-order valence-electron chi connectivity index (χ2n) is 4.14. The highest BCUT2D eigenvalue weighted by atomic mass is 16.5. The number of carboxylic acids is 2. The third-order valence-electron chi connectivity index (χ3n) is 2.43. The largest absolute Gasteiger partial charge is 0.481 e. The summed E-state index contributed by atoms with van der Waals surface area (Å²) in [5.74, 6) is -3.71. The molecule has 0 bridgehead atoms. The molecule has 0 fully saturated rings. The first kappa shape index (κ1) is 17.2. The normalized spacial score (nSPS) is 9.82. The van der Waals surface area contributed by atoms with Crippen molar-refractivity contribution in [3.05, 3.63) is 35.4 Å². The summed E-state index contributed by atoms with van der Waals surface area (Å²) in [5, 5.41) is 16.9. The van der Waals surface area contributed by atoms with E-state index in [1.807, 2.05) is 0 Å². The van der Waals surface area contributed by atoms with Crippen molar-refractivity contribution < 1.29 is 38.9 Å². The molecule has 1 aromatic rings. The van der Waals surface area contributed by atoms with Crippen molar-refractivity contribution >= 4 is 23.9 Å². The maximum atomic E-state index is 11.7. The Labute approximate surface area is 125 Å². The monoisotopic (exact) mass is 310 g/mol. The fourth-order valence-corrected chi connectivity index (χ4v) is 1.40. The molecule has 22 heavy (non-hydrogen) atoms. The van der Waals surface area contributed by atoms with Crippen LogP contribution in [0, 0.1) is 0 Å². The first-order valence-electron chi connectivity index (χ1n) is 6.28. The number of benzene rings is 1. The molecule has 0 amide bonds. The number of esters is 2. The van der Waals surface area contributed by atoms with Crippen LogP contribution in [0.15, 0.2) is 24.3 Å². The minimum absolute atomic E-state index is 0.0677. The van der Waals surface area contributed by atoms with E-state index in [0.717, 1.165) is 0 Å². The lowest BCUT2D eigenvalue weighted by molar-refractivity contribution is -0.138. The summed E-state index contributed by atoms with van der Waals surface area (Å²) in [6.07, 6.45) is -0.634. The van der Waals surface area contributed by atoms with Crippen molar-refractivity contribution in [2.24, 2.45) is 0 Å². The standard InChI is InChI=1S/C14H14O8/c15-11(16)4-6-21-13(19)9-2-1-3-10(8-9)14(20)22-7-5-12(17)18/h1-3,8H,4-7H2,(H,15,16)(H,17,18). The second kappa shape index (κ2) is 8.40. The highest BCUT2D eigenvalue weighted by Gasteiger charge is 2.13. The maximum Gasteiger partial charge on any atom is 0.338 e. The summed E-state index contributed by atoms with van der Waals surface area (Å²) in [5.41, 5.74) is 0.135. The molecule has 0 unspecified atom stereocenters. The summed E-state index contributed by atoms with van der Waals surface area (Å²) < 4.78 is 9.47. The lowest BCUT2D eigenvalue weighted by atomic mass is 10.1. The Bertz CT molecular complexity index is 531. The first-order valence-corrected chi connectivity index (χ1v) is 6.28. The third kappa shape index (κ3) is 6.04. The molecule has 0 atom stereocenters. The van der Waals surface area contributed by atoms with Crippen LogP contribution >= 0.6 is 0 Å². The number of rotatable bonds is 8. The molecule has 0 heterocycles. The van der Waals surface area contributed by atoms with Crippen LogP contribution in [0.5, 0.6) is 0 Å². The van der Waals surface area contributed by atoms with Gasteiger partial charge in [-0.1, -0.05) is 6.07 Å². The smallest absolute Gasteiger partial charge is 0.338 e. The van der Waals surface area contributed by atoms with Crippen molar-refractivity contribution in [1.29, 1.82) is 0 Å². The van der Waals surface area contributed by atoms with E-state index in [9.17, 15) is 19.2 Å². The lowest BCUT2D eigenvalue weighted by Crippen LogP contribution is -2.12. The number of aliphatic carboxylic acids is 2. The molecule has 0 saturated carbocycles. The van der Waals surface area contributed by atoms with Gasteiger partial charge in [0, 0.05) is 0 Å². The zero-order valence-corrected chi connectivity index (χ0v) is 11.5. The number of hydrogen-bond donors (Lipinski definition) is 2. The van der Waals surface area contributed by atoms with Crippen LogP contribution in [-0.4, -0.2) is 47.3 Å². The van der Waals surface area contributed by atoms with Gasteiger partial charge in [-0.25, -0.2) is 9.59 Å². The molecular formula is C14H14O8. The Hall–Kier alpha value is -2.90. The summed E-state index contributed by atoms with van der Waals surface area (Å²) in [6, 6.07) is 5.46. The van der Waals surface area contributed by atoms with E-state index in [1.165, 1.54) is 24.3 Å². The van der Waals surface area contributed by atoms with E-state index in [1.54, 1.807) is 0 Å². The summed E-state index contributed by atoms with van der Waals surface area (Å²) in [4.78, 5) is 43.9. The van der Waals surface area contributed by atoms with Gasteiger partial charge < -0.3 is 19.7 Å². The van der Waals surface area contributed by atoms with Gasteiger partial charge >= 0.3 is 23.9 Å². The van der Waals surface area contributed by atoms with Crippen LogP contribution in [0.1, 0.15) is 33.6 Å². The van der Waals surface area contributed by atoms with Crippen LogP contribution in [-0.2, 0) is 19.1 Å². The molecule has 0 aromatic heterocycles. The average molecular weight is 310 g/mol. The Morgan fingerprint density at radius 3 is 1.59 bits per heavy atom. The van der Waals surface area contributed by atoms with Crippen molar-refractivity contribution in [3.63, 3.8) is 0 Å². The van der Waals surface area contributed by atoms with Gasteiger partial charge in [0.05, 0.1) is 24.0 Å². The molecule has 1 rings (SSSR count). The molecule has 2 N–H and O–H groups in total. The molecule has 0 aliphatic rings. The SMILES string of the molecule is O=C(O)CCOC(=O)c1cccc(C(=O)OCCC(=O)O)c1. The van der Waals surface area contributed by atoms with Gasteiger partial charge in [-0.2, -0.15) is 0 Å². The van der Waals surface area contributed by atoms with Gasteiger partial charge in [-0.15, -0.1) is 0 Å². The summed E-state index contributed by atoms with van der Waals surface area (Å²) in [6.45, 7) is -0.553. The zero-order chi connectivity index (χ0) is 16.5. The predicted octanol–water partition coefficient (Wildman–Crippen LogP) is 0.950. The molecule has 118 valence electrons. The van der Waals surface area contributed by atoms with Crippen molar-refractivity contribution in [2.75, 3.05) is 13.2 Å². The number of carbonyl (C=O) groups is 4. The van der Waals surface area contributed by atoms with Crippen LogP contribution < -0.4 is 0 Å². The summed E-state index contributed by atoms with van der Waals surface area (Å²) in [7, 11) is 0. The molecule has 0 spiro atoms. The third-order valence-corrected chi connectivity index (χ3v) is 2.43. The van der Waals surface area contributed by atoms with E-state index in [-0.39, 0.29) is 37.2 Å². The van der Waals surface area contributed by atoms with Crippen molar-refractivity contribution in [3.8, 4) is 0 Å². The van der Waals surface area contributed by atoms with Gasteiger partial charge in [0.1, 0.15) is 13.2 Å². The Morgan fingerprint density at radius 2 is 1.23 bits per heavy atom. The quantitative estimate of drug-likeness (QED) is 0.679. The Morgan fingerprint density at radius 1 is 0.818 bits per heavy atom. The molecule has 8 heteroatoms. The van der Waals surface area contributed by atoms with E-state index >= 15 is 0 Å². The molecule has 8 nitrogen and oxygen atoms in total. The number of carboxylic acid groups (broad SMARTS) is 2. The minimum Gasteiger partial charge on any atom is -0.481 e. The van der Waals surface area contributed by atoms with E-state index in [2.05, 4.69) is 0 Å². The van der Waals surface area contributed by atoms with Gasteiger partial charge in [0.25, 0.3) is 0 Å². The van der Waals surface area contributed by atoms with Gasteiger partial charge in [-0.05, 0) is 18.2 Å². The van der Waals surface area contributed by atoms with Gasteiger partial charge in [-0.3, -0.25) is 9.59 Å². The maximum absolute atomic E-state index is 11.7. The lowest BCUT2D eigenvalue weighted by Gasteiger charge is -2.06. The van der Waals surface area contributed by atoms with E-state index in [4.69, 9.17) is 19.7 Å². The van der Waals surface area contributed by atoms with Gasteiger partial charge in [0.2, 0.25) is 0 Å². The molecule has 0 aliphatic heterocycles.